The molecule has 5 nitrogen and oxygen atoms in total. The van der Waals surface area contributed by atoms with Crippen LogP contribution in [0.3, 0.4) is 0 Å². The van der Waals surface area contributed by atoms with Crippen LogP contribution in [-0.4, -0.2) is 23.0 Å². The molecule has 0 aliphatic carbocycles. The van der Waals surface area contributed by atoms with Gasteiger partial charge >= 0.3 is 5.97 Å². The lowest BCUT2D eigenvalue weighted by molar-refractivity contribution is -0.141. The molecule has 0 saturated heterocycles. The Bertz CT molecular complexity index is 468. The molecule has 4 N–H and O–H groups in total. The molecule has 0 aliphatic heterocycles. The first-order valence-corrected chi connectivity index (χ1v) is 5.92. The first-order valence-electron chi connectivity index (χ1n) is 5.92. The van der Waals surface area contributed by atoms with Gasteiger partial charge in [-0.25, -0.2) is 4.79 Å². The standard InChI is InChI=1S/C14H18N2O3/c1-3-4-11(14(18)19)16-13(17)12(15)10-7-5-9(2)6-8-10/h3,5-8,11-12H,1,4,15H2,2H3,(H,16,17)(H,18,19). The van der Waals surface area contributed by atoms with Gasteiger partial charge < -0.3 is 16.2 Å². The maximum absolute atomic E-state index is 11.9. The Morgan fingerprint density at radius 2 is 2.00 bits per heavy atom. The van der Waals surface area contributed by atoms with Gasteiger partial charge in [-0.05, 0) is 18.9 Å². The molecule has 5 heteroatoms. The largest absolute Gasteiger partial charge is 0.480 e. The SMILES string of the molecule is C=CCC(NC(=O)C(N)c1ccc(C)cc1)C(=O)O. The van der Waals surface area contributed by atoms with E-state index in [2.05, 4.69) is 11.9 Å². The van der Waals surface area contributed by atoms with Crippen molar-refractivity contribution in [2.75, 3.05) is 0 Å². The molecule has 0 radical (unpaired) electrons. The van der Waals surface area contributed by atoms with Crippen LogP contribution in [0.4, 0.5) is 0 Å². The molecule has 102 valence electrons. The quantitative estimate of drug-likeness (QED) is 0.670. The van der Waals surface area contributed by atoms with E-state index in [0.29, 0.717) is 5.56 Å². The van der Waals surface area contributed by atoms with E-state index in [1.165, 1.54) is 6.08 Å². The number of hydrogen-bond donors (Lipinski definition) is 3. The summed E-state index contributed by atoms with van der Waals surface area (Å²) in [6, 6.07) is 5.32. The number of carbonyl (C=O) groups is 2. The van der Waals surface area contributed by atoms with Crippen LogP contribution in [0.1, 0.15) is 23.6 Å². The number of carbonyl (C=O) groups excluding carboxylic acids is 1. The van der Waals surface area contributed by atoms with Crippen molar-refractivity contribution in [1.29, 1.82) is 0 Å². The number of aryl methyl sites for hydroxylation is 1. The molecule has 0 bridgehead atoms. The molecule has 1 aromatic carbocycles. The third-order valence-electron chi connectivity index (χ3n) is 2.74. The highest BCUT2D eigenvalue weighted by Crippen LogP contribution is 2.12. The second-order valence-corrected chi connectivity index (χ2v) is 4.31. The number of nitrogens with one attached hydrogen (secondary N) is 1. The fraction of sp³-hybridized carbons (Fsp3) is 0.286. The number of aliphatic carboxylic acids is 1. The topological polar surface area (TPSA) is 92.4 Å². The predicted molar refractivity (Wildman–Crippen MR) is 72.5 cm³/mol. The summed E-state index contributed by atoms with van der Waals surface area (Å²) in [5, 5.41) is 11.3. The van der Waals surface area contributed by atoms with Crippen LogP contribution in [-0.2, 0) is 9.59 Å². The molecule has 1 aromatic rings. The van der Waals surface area contributed by atoms with Gasteiger partial charge in [-0.15, -0.1) is 6.58 Å². The zero-order chi connectivity index (χ0) is 14.4. The van der Waals surface area contributed by atoms with Crippen LogP contribution in [0.15, 0.2) is 36.9 Å². The molecule has 1 rings (SSSR count). The van der Waals surface area contributed by atoms with Gasteiger partial charge in [-0.1, -0.05) is 35.9 Å². The summed E-state index contributed by atoms with van der Waals surface area (Å²) in [5.74, 6) is -1.62. The number of rotatable bonds is 6. The number of carboxylic acid groups (broad SMARTS) is 1. The van der Waals surface area contributed by atoms with E-state index in [1.807, 2.05) is 19.1 Å². The lowest BCUT2D eigenvalue weighted by Gasteiger charge is -2.17. The van der Waals surface area contributed by atoms with Crippen LogP contribution >= 0.6 is 0 Å². The molecule has 2 unspecified atom stereocenters. The number of hydrogen-bond acceptors (Lipinski definition) is 3. The van der Waals surface area contributed by atoms with E-state index in [0.717, 1.165) is 5.56 Å². The van der Waals surface area contributed by atoms with Crippen molar-refractivity contribution in [3.63, 3.8) is 0 Å². The van der Waals surface area contributed by atoms with E-state index in [4.69, 9.17) is 10.8 Å². The van der Waals surface area contributed by atoms with Crippen LogP contribution < -0.4 is 11.1 Å². The van der Waals surface area contributed by atoms with Gasteiger partial charge in [0.1, 0.15) is 12.1 Å². The predicted octanol–water partition coefficient (Wildman–Crippen LogP) is 1.14. The number of amides is 1. The second-order valence-electron chi connectivity index (χ2n) is 4.31. The van der Waals surface area contributed by atoms with Crippen LogP contribution in [0.25, 0.3) is 0 Å². The zero-order valence-electron chi connectivity index (χ0n) is 10.8. The van der Waals surface area contributed by atoms with Gasteiger partial charge in [0.05, 0.1) is 0 Å². The Morgan fingerprint density at radius 3 is 2.47 bits per heavy atom. The normalized spacial score (nSPS) is 13.4. The molecule has 0 aromatic heterocycles. The van der Waals surface area contributed by atoms with Crippen molar-refractivity contribution in [3.05, 3.63) is 48.0 Å². The first kappa shape index (κ1) is 14.9. The fourth-order valence-corrected chi connectivity index (χ4v) is 1.57. The van der Waals surface area contributed by atoms with Crippen molar-refractivity contribution in [2.24, 2.45) is 5.73 Å². The maximum Gasteiger partial charge on any atom is 0.326 e. The average Bonchev–Trinajstić information content (AvgIpc) is 2.38. The van der Waals surface area contributed by atoms with Gasteiger partial charge in [0.25, 0.3) is 0 Å². The van der Waals surface area contributed by atoms with Crippen molar-refractivity contribution >= 4 is 11.9 Å². The second kappa shape index (κ2) is 6.70. The summed E-state index contributed by atoms with van der Waals surface area (Å²) in [6.07, 6.45) is 1.60. The molecule has 0 saturated carbocycles. The number of benzene rings is 1. The highest BCUT2D eigenvalue weighted by molar-refractivity contribution is 5.87. The first-order chi connectivity index (χ1) is 8.95. The summed E-state index contributed by atoms with van der Waals surface area (Å²) in [4.78, 5) is 22.8. The average molecular weight is 262 g/mol. The Hall–Kier alpha value is -2.14. The van der Waals surface area contributed by atoms with E-state index >= 15 is 0 Å². The van der Waals surface area contributed by atoms with Gasteiger partial charge in [0, 0.05) is 0 Å². The number of carboxylic acids is 1. The molecular formula is C14H18N2O3. The molecule has 0 aliphatic rings. The highest BCUT2D eigenvalue weighted by atomic mass is 16.4. The lowest BCUT2D eigenvalue weighted by Crippen LogP contribution is -2.44. The fourth-order valence-electron chi connectivity index (χ4n) is 1.57. The Balaban J connectivity index is 2.73. The molecule has 2 atom stereocenters. The summed E-state index contributed by atoms with van der Waals surface area (Å²) in [6.45, 7) is 5.39. The summed E-state index contributed by atoms with van der Waals surface area (Å²) in [7, 11) is 0. The van der Waals surface area contributed by atoms with Crippen LogP contribution in [0.5, 0.6) is 0 Å². The van der Waals surface area contributed by atoms with Crippen molar-refractivity contribution in [1.82, 2.24) is 5.32 Å². The highest BCUT2D eigenvalue weighted by Gasteiger charge is 2.22. The molecule has 1 amide bonds. The monoisotopic (exact) mass is 262 g/mol. The molecule has 19 heavy (non-hydrogen) atoms. The van der Waals surface area contributed by atoms with Gasteiger partial charge in [-0.3, -0.25) is 4.79 Å². The third kappa shape index (κ3) is 4.22. The minimum atomic E-state index is -1.11. The Morgan fingerprint density at radius 1 is 1.42 bits per heavy atom. The van der Waals surface area contributed by atoms with Gasteiger partial charge in [0.2, 0.25) is 5.91 Å². The smallest absolute Gasteiger partial charge is 0.326 e. The molecule has 0 fully saturated rings. The van der Waals surface area contributed by atoms with E-state index in [9.17, 15) is 9.59 Å². The van der Waals surface area contributed by atoms with E-state index < -0.39 is 24.0 Å². The lowest BCUT2D eigenvalue weighted by atomic mass is 10.0. The van der Waals surface area contributed by atoms with Gasteiger partial charge in [-0.2, -0.15) is 0 Å². The third-order valence-corrected chi connectivity index (χ3v) is 2.74. The van der Waals surface area contributed by atoms with Crippen LogP contribution in [0.2, 0.25) is 0 Å². The van der Waals surface area contributed by atoms with Crippen molar-refractivity contribution in [2.45, 2.75) is 25.4 Å². The maximum atomic E-state index is 11.9. The zero-order valence-corrected chi connectivity index (χ0v) is 10.8. The Labute approximate surface area is 112 Å². The minimum absolute atomic E-state index is 0.154. The van der Waals surface area contributed by atoms with Gasteiger partial charge in [0.15, 0.2) is 0 Å². The summed E-state index contributed by atoms with van der Waals surface area (Å²) < 4.78 is 0. The van der Waals surface area contributed by atoms with E-state index in [1.54, 1.807) is 12.1 Å². The molecular weight excluding hydrogens is 244 g/mol. The summed E-state index contributed by atoms with van der Waals surface area (Å²) in [5.41, 5.74) is 7.51. The molecule has 0 heterocycles. The van der Waals surface area contributed by atoms with E-state index in [-0.39, 0.29) is 6.42 Å². The van der Waals surface area contributed by atoms with Crippen LogP contribution in [0, 0.1) is 6.92 Å². The molecule has 0 spiro atoms. The Kier molecular flexibility index (Phi) is 5.26. The summed E-state index contributed by atoms with van der Waals surface area (Å²) >= 11 is 0. The minimum Gasteiger partial charge on any atom is -0.480 e. The van der Waals surface area contributed by atoms with Crippen molar-refractivity contribution < 1.29 is 14.7 Å². The van der Waals surface area contributed by atoms with Crippen molar-refractivity contribution in [3.8, 4) is 0 Å². The number of nitrogens with two attached hydrogens (primary N) is 1.